The lowest BCUT2D eigenvalue weighted by molar-refractivity contribution is 0.300. The Balaban J connectivity index is 0.00000220. The van der Waals surface area contributed by atoms with Gasteiger partial charge in [-0.15, -0.1) is 12.4 Å². The molecule has 0 saturated carbocycles. The molecule has 2 aromatic rings. The average Bonchev–Trinajstić information content (AvgIpc) is 2.52. The minimum absolute atomic E-state index is 0. The summed E-state index contributed by atoms with van der Waals surface area (Å²) in [6.45, 7) is 1.22. The normalized spacial score (nSPS) is 11.5. The summed E-state index contributed by atoms with van der Waals surface area (Å²) in [5.74, 6) is 0.862. The molecule has 4 heteroatoms. The fraction of sp³-hybridized carbons (Fsp3) is 0.294. The maximum absolute atomic E-state index is 6.22. The van der Waals surface area contributed by atoms with Gasteiger partial charge in [-0.05, 0) is 31.0 Å². The first-order chi connectivity index (χ1) is 9.81. The van der Waals surface area contributed by atoms with E-state index in [-0.39, 0.29) is 18.4 Å². The van der Waals surface area contributed by atoms with Crippen molar-refractivity contribution in [3.05, 3.63) is 65.7 Å². The second-order valence-electron chi connectivity index (χ2n) is 4.85. The highest BCUT2D eigenvalue weighted by Crippen LogP contribution is 2.26. The smallest absolute Gasteiger partial charge is 0.124 e. The first-order valence-corrected chi connectivity index (χ1v) is 7.02. The van der Waals surface area contributed by atoms with Gasteiger partial charge in [-0.2, -0.15) is 0 Å². The van der Waals surface area contributed by atoms with Crippen molar-refractivity contribution in [3.8, 4) is 5.75 Å². The lowest BCUT2D eigenvalue weighted by atomic mass is 10.0. The number of ether oxygens (including phenoxy) is 1. The Hall–Kier alpha value is -1.55. The number of nitrogens with two attached hydrogens (primary N) is 2. The zero-order valence-electron chi connectivity index (χ0n) is 12.1. The molecule has 0 aliphatic rings. The minimum Gasteiger partial charge on any atom is -0.489 e. The largest absolute Gasteiger partial charge is 0.489 e. The van der Waals surface area contributed by atoms with Crippen LogP contribution in [0.4, 0.5) is 0 Å². The molecule has 4 N–H and O–H groups in total. The Morgan fingerprint density at radius 2 is 1.62 bits per heavy atom. The van der Waals surface area contributed by atoms with Gasteiger partial charge in [0.2, 0.25) is 0 Å². The predicted octanol–water partition coefficient (Wildman–Crippen LogP) is 3.43. The molecular weight excluding hydrogens is 284 g/mol. The summed E-state index contributed by atoms with van der Waals surface area (Å²) in [5, 5.41) is 0. The number of hydrogen-bond acceptors (Lipinski definition) is 3. The summed E-state index contributed by atoms with van der Waals surface area (Å²) in [6.07, 6.45) is 1.80. The van der Waals surface area contributed by atoms with Gasteiger partial charge in [0.25, 0.3) is 0 Å². The second-order valence-corrected chi connectivity index (χ2v) is 4.85. The van der Waals surface area contributed by atoms with Crippen LogP contribution in [-0.2, 0) is 6.61 Å². The van der Waals surface area contributed by atoms with Gasteiger partial charge in [0.1, 0.15) is 12.4 Å². The maximum Gasteiger partial charge on any atom is 0.124 e. The molecule has 1 atom stereocenters. The second kappa shape index (κ2) is 9.40. The van der Waals surface area contributed by atoms with Crippen molar-refractivity contribution < 1.29 is 4.74 Å². The highest BCUT2D eigenvalue weighted by Gasteiger charge is 2.11. The van der Waals surface area contributed by atoms with Gasteiger partial charge in [-0.25, -0.2) is 0 Å². The number of para-hydroxylation sites is 1. The van der Waals surface area contributed by atoms with Crippen LogP contribution in [0.1, 0.15) is 30.0 Å². The van der Waals surface area contributed by atoms with Crippen LogP contribution in [0, 0.1) is 0 Å². The van der Waals surface area contributed by atoms with Crippen LogP contribution in [0.2, 0.25) is 0 Å². The summed E-state index contributed by atoms with van der Waals surface area (Å²) in [6, 6.07) is 18.1. The van der Waals surface area contributed by atoms with E-state index in [1.165, 1.54) is 0 Å². The maximum atomic E-state index is 6.22. The lowest BCUT2D eigenvalue weighted by Crippen LogP contribution is -2.14. The molecule has 0 aliphatic heterocycles. The minimum atomic E-state index is -0.0227. The van der Waals surface area contributed by atoms with Crippen LogP contribution in [-0.4, -0.2) is 6.54 Å². The van der Waals surface area contributed by atoms with Gasteiger partial charge < -0.3 is 16.2 Å². The van der Waals surface area contributed by atoms with Gasteiger partial charge in [0, 0.05) is 11.6 Å². The van der Waals surface area contributed by atoms with Crippen molar-refractivity contribution in [2.75, 3.05) is 6.54 Å². The van der Waals surface area contributed by atoms with Crippen LogP contribution in [0.25, 0.3) is 0 Å². The third-order valence-electron chi connectivity index (χ3n) is 3.27. The Bertz CT molecular complexity index is 519. The van der Waals surface area contributed by atoms with Gasteiger partial charge in [-0.3, -0.25) is 0 Å². The highest BCUT2D eigenvalue weighted by atomic mass is 35.5. The molecule has 0 unspecified atom stereocenters. The van der Waals surface area contributed by atoms with E-state index in [2.05, 4.69) is 12.1 Å². The van der Waals surface area contributed by atoms with E-state index in [0.29, 0.717) is 13.2 Å². The van der Waals surface area contributed by atoms with Gasteiger partial charge in [0.05, 0.1) is 0 Å². The molecule has 0 aromatic heterocycles. The van der Waals surface area contributed by atoms with Crippen molar-refractivity contribution in [1.29, 1.82) is 0 Å². The molecule has 0 spiro atoms. The summed E-state index contributed by atoms with van der Waals surface area (Å²) < 4.78 is 5.91. The lowest BCUT2D eigenvalue weighted by Gasteiger charge is -2.16. The van der Waals surface area contributed by atoms with E-state index in [1.54, 1.807) is 0 Å². The molecule has 0 aliphatic carbocycles. The number of hydrogen-bond donors (Lipinski definition) is 2. The van der Waals surface area contributed by atoms with Crippen LogP contribution >= 0.6 is 12.4 Å². The average molecular weight is 307 g/mol. The topological polar surface area (TPSA) is 61.3 Å². The van der Waals surface area contributed by atoms with Crippen molar-refractivity contribution in [2.24, 2.45) is 11.5 Å². The molecule has 0 radical (unpaired) electrons. The van der Waals surface area contributed by atoms with Crippen molar-refractivity contribution >= 4 is 12.4 Å². The Morgan fingerprint density at radius 1 is 0.952 bits per heavy atom. The first-order valence-electron chi connectivity index (χ1n) is 7.02. The van der Waals surface area contributed by atoms with E-state index >= 15 is 0 Å². The molecule has 2 rings (SSSR count). The Labute approximate surface area is 132 Å². The van der Waals surface area contributed by atoms with E-state index in [1.807, 2.05) is 42.5 Å². The summed E-state index contributed by atoms with van der Waals surface area (Å²) in [7, 11) is 0. The first kappa shape index (κ1) is 17.5. The van der Waals surface area contributed by atoms with E-state index in [9.17, 15) is 0 Å². The molecule has 0 bridgehead atoms. The number of rotatable bonds is 7. The van der Waals surface area contributed by atoms with Crippen molar-refractivity contribution in [1.82, 2.24) is 0 Å². The summed E-state index contributed by atoms with van der Waals surface area (Å²) in [4.78, 5) is 0. The summed E-state index contributed by atoms with van der Waals surface area (Å²) in [5.41, 5.74) is 14.0. The quantitative estimate of drug-likeness (QED) is 0.824. The van der Waals surface area contributed by atoms with E-state index in [4.69, 9.17) is 16.2 Å². The van der Waals surface area contributed by atoms with Gasteiger partial charge >= 0.3 is 0 Å². The Morgan fingerprint density at radius 3 is 2.33 bits per heavy atom. The van der Waals surface area contributed by atoms with Crippen LogP contribution in [0.3, 0.4) is 0 Å². The van der Waals surface area contributed by atoms with E-state index in [0.717, 1.165) is 29.7 Å². The monoisotopic (exact) mass is 306 g/mol. The van der Waals surface area contributed by atoms with Crippen LogP contribution in [0.15, 0.2) is 54.6 Å². The fourth-order valence-corrected chi connectivity index (χ4v) is 2.15. The van der Waals surface area contributed by atoms with Gasteiger partial charge in [-0.1, -0.05) is 48.5 Å². The summed E-state index contributed by atoms with van der Waals surface area (Å²) >= 11 is 0. The molecule has 2 aromatic carbocycles. The third kappa shape index (κ3) is 5.38. The third-order valence-corrected chi connectivity index (χ3v) is 3.27. The van der Waals surface area contributed by atoms with Crippen molar-refractivity contribution in [2.45, 2.75) is 25.5 Å². The Kier molecular flexibility index (Phi) is 7.83. The molecule has 0 heterocycles. The zero-order valence-corrected chi connectivity index (χ0v) is 12.9. The number of benzene rings is 2. The molecule has 0 fully saturated rings. The standard InChI is InChI=1S/C17H22N2O.ClH/c18-12-6-10-16(19)15-9-4-5-11-17(15)20-13-14-7-2-1-3-8-14;/h1-5,7-9,11,16H,6,10,12-13,18-19H2;1H/t16-;/m1./s1. The van der Waals surface area contributed by atoms with Crippen LogP contribution < -0.4 is 16.2 Å². The van der Waals surface area contributed by atoms with E-state index < -0.39 is 0 Å². The zero-order chi connectivity index (χ0) is 14.2. The molecule has 21 heavy (non-hydrogen) atoms. The fourth-order valence-electron chi connectivity index (χ4n) is 2.15. The molecule has 114 valence electrons. The molecular formula is C17H23ClN2O. The molecule has 0 saturated heterocycles. The highest BCUT2D eigenvalue weighted by molar-refractivity contribution is 5.85. The van der Waals surface area contributed by atoms with Gasteiger partial charge in [0.15, 0.2) is 0 Å². The number of halogens is 1. The molecule has 3 nitrogen and oxygen atoms in total. The predicted molar refractivity (Wildman–Crippen MR) is 89.7 cm³/mol. The SMILES string of the molecule is Cl.NCCC[C@@H](N)c1ccccc1OCc1ccccc1. The van der Waals surface area contributed by atoms with Crippen LogP contribution in [0.5, 0.6) is 5.75 Å². The van der Waals surface area contributed by atoms with Crippen molar-refractivity contribution in [3.63, 3.8) is 0 Å². The molecule has 0 amide bonds.